The number of hydrogen-bond donors (Lipinski definition) is 2. The molecule has 2 N–H and O–H groups in total. The molecule has 1 aromatic heterocycles. The van der Waals surface area contributed by atoms with Crippen LogP contribution in [0.5, 0.6) is 0 Å². The van der Waals surface area contributed by atoms with Crippen molar-refractivity contribution in [1.82, 2.24) is 20.2 Å². The number of halogens is 2. The summed E-state index contributed by atoms with van der Waals surface area (Å²) in [5.74, 6) is 2.34. The van der Waals surface area contributed by atoms with Crippen molar-refractivity contribution in [3.63, 3.8) is 0 Å². The van der Waals surface area contributed by atoms with Crippen LogP contribution in [0.4, 0.5) is 0 Å². The number of aliphatic imine (C=N–C) groups is 1. The van der Waals surface area contributed by atoms with Crippen LogP contribution in [0.2, 0.25) is 5.02 Å². The first-order valence-electron chi connectivity index (χ1n) is 7.77. The van der Waals surface area contributed by atoms with Gasteiger partial charge < -0.3 is 15.2 Å². The Hall–Kier alpha value is -1.28. The fourth-order valence-electron chi connectivity index (χ4n) is 2.24. The van der Waals surface area contributed by atoms with Gasteiger partial charge in [-0.2, -0.15) is 0 Å². The van der Waals surface area contributed by atoms with Gasteiger partial charge in [0.05, 0.1) is 6.54 Å². The predicted molar refractivity (Wildman–Crippen MR) is 111 cm³/mol. The Bertz CT molecular complexity index is 637. The lowest BCUT2D eigenvalue weighted by atomic mass is 10.2. The van der Waals surface area contributed by atoms with Gasteiger partial charge in [-0.1, -0.05) is 37.6 Å². The summed E-state index contributed by atoms with van der Waals surface area (Å²) < 4.78 is 2.17. The highest BCUT2D eigenvalue weighted by Gasteiger charge is 2.06. The van der Waals surface area contributed by atoms with Crippen LogP contribution in [0.3, 0.4) is 0 Å². The van der Waals surface area contributed by atoms with Gasteiger partial charge in [-0.05, 0) is 23.6 Å². The molecule has 0 aliphatic rings. The first kappa shape index (κ1) is 20.8. The molecule has 0 aliphatic heterocycles. The molecule has 0 aliphatic carbocycles. The van der Waals surface area contributed by atoms with E-state index in [-0.39, 0.29) is 24.0 Å². The van der Waals surface area contributed by atoms with Crippen LogP contribution in [0, 0.1) is 5.92 Å². The van der Waals surface area contributed by atoms with Crippen molar-refractivity contribution >= 4 is 41.5 Å². The monoisotopic (exact) mass is 461 g/mol. The highest BCUT2D eigenvalue weighted by Crippen LogP contribution is 2.09. The number of nitrogens with zero attached hydrogens (tertiary/aromatic N) is 3. The standard InChI is InChI=1S/C17H24ClN5.HI/c1-13(2)12-23-9-8-20-16(23)11-22-17(19-3)21-10-14-4-6-15(18)7-5-14;/h4-9,13H,10-12H2,1-3H3,(H2,19,21,22);1H. The average Bonchev–Trinajstić information content (AvgIpc) is 2.95. The van der Waals surface area contributed by atoms with Crippen molar-refractivity contribution in [3.8, 4) is 0 Å². The molecule has 0 unspecified atom stereocenters. The van der Waals surface area contributed by atoms with Crippen LogP contribution < -0.4 is 10.6 Å². The summed E-state index contributed by atoms with van der Waals surface area (Å²) in [6.45, 7) is 6.69. The summed E-state index contributed by atoms with van der Waals surface area (Å²) >= 11 is 5.89. The fraction of sp³-hybridized carbons (Fsp3) is 0.412. The first-order chi connectivity index (χ1) is 11.1. The smallest absolute Gasteiger partial charge is 0.191 e. The van der Waals surface area contributed by atoms with E-state index >= 15 is 0 Å². The predicted octanol–water partition coefficient (Wildman–Crippen LogP) is 3.68. The van der Waals surface area contributed by atoms with E-state index in [1.165, 1.54) is 0 Å². The van der Waals surface area contributed by atoms with Gasteiger partial charge in [-0.3, -0.25) is 4.99 Å². The maximum atomic E-state index is 5.89. The largest absolute Gasteiger partial charge is 0.352 e. The van der Waals surface area contributed by atoms with Gasteiger partial charge in [0.2, 0.25) is 0 Å². The normalized spacial score (nSPS) is 11.3. The SMILES string of the molecule is CN=C(NCc1ccc(Cl)cc1)NCc1nccn1CC(C)C.I. The molecule has 132 valence electrons. The van der Waals surface area contributed by atoms with E-state index in [9.17, 15) is 0 Å². The van der Waals surface area contributed by atoms with Crippen molar-refractivity contribution in [2.75, 3.05) is 7.05 Å². The maximum absolute atomic E-state index is 5.89. The van der Waals surface area contributed by atoms with Crippen LogP contribution in [-0.4, -0.2) is 22.6 Å². The van der Waals surface area contributed by atoms with Crippen molar-refractivity contribution in [2.45, 2.75) is 33.5 Å². The van der Waals surface area contributed by atoms with E-state index in [1.54, 1.807) is 7.05 Å². The van der Waals surface area contributed by atoms with E-state index in [4.69, 9.17) is 11.6 Å². The summed E-state index contributed by atoms with van der Waals surface area (Å²) in [5, 5.41) is 7.33. The molecule has 1 aromatic carbocycles. The summed E-state index contributed by atoms with van der Waals surface area (Å²) in [4.78, 5) is 8.65. The third kappa shape index (κ3) is 6.68. The zero-order valence-electron chi connectivity index (χ0n) is 14.3. The second-order valence-corrected chi connectivity index (χ2v) is 6.23. The van der Waals surface area contributed by atoms with Crippen molar-refractivity contribution < 1.29 is 0 Å². The minimum absolute atomic E-state index is 0. The Morgan fingerprint density at radius 1 is 1.21 bits per heavy atom. The molecule has 2 rings (SSSR count). The lowest BCUT2D eigenvalue weighted by molar-refractivity contribution is 0.503. The Balaban J connectivity index is 0.00000288. The Morgan fingerprint density at radius 3 is 2.50 bits per heavy atom. The molecule has 7 heteroatoms. The van der Waals surface area contributed by atoms with Crippen LogP contribution >= 0.6 is 35.6 Å². The molecular formula is C17H25ClIN5. The summed E-state index contributed by atoms with van der Waals surface area (Å²) in [6, 6.07) is 7.77. The van der Waals surface area contributed by atoms with Gasteiger partial charge in [0.1, 0.15) is 5.82 Å². The van der Waals surface area contributed by atoms with Gasteiger partial charge in [-0.15, -0.1) is 24.0 Å². The lowest BCUT2D eigenvalue weighted by Gasteiger charge is -2.14. The molecule has 0 radical (unpaired) electrons. The molecule has 0 bridgehead atoms. The van der Waals surface area contributed by atoms with E-state index in [0.717, 1.165) is 28.9 Å². The lowest BCUT2D eigenvalue weighted by Crippen LogP contribution is -2.37. The molecule has 24 heavy (non-hydrogen) atoms. The highest BCUT2D eigenvalue weighted by atomic mass is 127. The van der Waals surface area contributed by atoms with Gasteiger partial charge in [0.15, 0.2) is 5.96 Å². The number of guanidine groups is 1. The molecular weight excluding hydrogens is 437 g/mol. The zero-order chi connectivity index (χ0) is 16.7. The second kappa shape index (κ2) is 10.6. The van der Waals surface area contributed by atoms with Crippen molar-refractivity contribution in [2.24, 2.45) is 10.9 Å². The van der Waals surface area contributed by atoms with Crippen LogP contribution in [0.15, 0.2) is 41.7 Å². The number of nitrogens with one attached hydrogen (secondary N) is 2. The minimum atomic E-state index is 0. The number of hydrogen-bond acceptors (Lipinski definition) is 2. The molecule has 0 saturated heterocycles. The summed E-state index contributed by atoms with van der Waals surface area (Å²) in [5.41, 5.74) is 1.15. The molecule has 2 aromatic rings. The second-order valence-electron chi connectivity index (χ2n) is 5.80. The topological polar surface area (TPSA) is 54.2 Å². The van der Waals surface area contributed by atoms with Crippen LogP contribution in [-0.2, 0) is 19.6 Å². The highest BCUT2D eigenvalue weighted by molar-refractivity contribution is 14.0. The van der Waals surface area contributed by atoms with Gasteiger partial charge in [-0.25, -0.2) is 4.98 Å². The van der Waals surface area contributed by atoms with Crippen molar-refractivity contribution in [1.29, 1.82) is 0 Å². The quantitative estimate of drug-likeness (QED) is 0.392. The molecule has 5 nitrogen and oxygen atoms in total. The van der Waals surface area contributed by atoms with E-state index in [0.29, 0.717) is 19.0 Å². The minimum Gasteiger partial charge on any atom is -0.352 e. The fourth-order valence-corrected chi connectivity index (χ4v) is 2.36. The number of rotatable bonds is 6. The molecule has 0 spiro atoms. The number of imidazole rings is 1. The molecule has 0 atom stereocenters. The van der Waals surface area contributed by atoms with Gasteiger partial charge in [0.25, 0.3) is 0 Å². The van der Waals surface area contributed by atoms with E-state index < -0.39 is 0 Å². The zero-order valence-corrected chi connectivity index (χ0v) is 17.4. The van der Waals surface area contributed by atoms with Gasteiger partial charge >= 0.3 is 0 Å². The summed E-state index contributed by atoms with van der Waals surface area (Å²) in [7, 11) is 1.76. The average molecular weight is 462 g/mol. The molecule has 0 fully saturated rings. The number of aromatic nitrogens is 2. The van der Waals surface area contributed by atoms with E-state index in [2.05, 4.69) is 39.0 Å². The molecule has 0 amide bonds. The first-order valence-corrected chi connectivity index (χ1v) is 8.15. The third-order valence-electron chi connectivity index (χ3n) is 3.37. The Morgan fingerprint density at radius 2 is 1.88 bits per heavy atom. The van der Waals surface area contributed by atoms with Gasteiger partial charge in [0, 0.05) is 37.6 Å². The van der Waals surface area contributed by atoms with E-state index in [1.807, 2.05) is 36.7 Å². The van der Waals surface area contributed by atoms with Crippen LogP contribution in [0.1, 0.15) is 25.2 Å². The van der Waals surface area contributed by atoms with Crippen molar-refractivity contribution in [3.05, 3.63) is 53.1 Å². The molecule has 1 heterocycles. The number of benzene rings is 1. The van der Waals surface area contributed by atoms with Crippen LogP contribution in [0.25, 0.3) is 0 Å². The Labute approximate surface area is 165 Å². The Kier molecular flexibility index (Phi) is 9.13. The summed E-state index contributed by atoms with van der Waals surface area (Å²) in [6.07, 6.45) is 3.85. The maximum Gasteiger partial charge on any atom is 0.191 e. The molecule has 0 saturated carbocycles. The third-order valence-corrected chi connectivity index (χ3v) is 3.63.